The minimum absolute atomic E-state index is 0.713. The quantitative estimate of drug-likeness (QED) is 0.179. The summed E-state index contributed by atoms with van der Waals surface area (Å²) in [5, 5.41) is 0. The molecular weight excluding hydrogens is 583 g/mol. The van der Waals surface area contributed by atoms with Crippen molar-refractivity contribution in [1.82, 2.24) is 15.0 Å². The Kier molecular flexibility index (Phi) is 7.92. The molecule has 226 valence electrons. The third-order valence-electron chi connectivity index (χ3n) is 8.51. The molecule has 0 atom stereocenters. The minimum atomic E-state index is 0.713. The van der Waals surface area contributed by atoms with Gasteiger partial charge in [0.1, 0.15) is 0 Å². The van der Waals surface area contributed by atoms with Crippen LogP contribution in [0.1, 0.15) is 0 Å². The molecule has 3 nitrogen and oxygen atoms in total. The summed E-state index contributed by atoms with van der Waals surface area (Å²) in [6.45, 7) is 0. The van der Waals surface area contributed by atoms with Crippen molar-refractivity contribution in [2.45, 2.75) is 0 Å². The van der Waals surface area contributed by atoms with Gasteiger partial charge in [-0.25, -0.2) is 15.0 Å². The van der Waals surface area contributed by atoms with E-state index in [0.29, 0.717) is 5.82 Å². The molecule has 0 radical (unpaired) electrons. The molecular formula is C45H31N3. The van der Waals surface area contributed by atoms with Crippen molar-refractivity contribution >= 4 is 0 Å². The maximum atomic E-state index is 5.09. The first kappa shape index (κ1) is 29.0. The zero-order chi connectivity index (χ0) is 32.1. The number of pyridine rings is 1. The van der Waals surface area contributed by atoms with Crippen molar-refractivity contribution in [3.63, 3.8) is 0 Å². The van der Waals surface area contributed by atoms with Gasteiger partial charge in [-0.15, -0.1) is 0 Å². The highest BCUT2D eigenvalue weighted by Gasteiger charge is 2.12. The van der Waals surface area contributed by atoms with E-state index in [1.807, 2.05) is 42.5 Å². The van der Waals surface area contributed by atoms with Crippen LogP contribution in [-0.4, -0.2) is 15.0 Å². The summed E-state index contributed by atoms with van der Waals surface area (Å²) >= 11 is 0. The molecule has 0 saturated heterocycles. The highest BCUT2D eigenvalue weighted by atomic mass is 14.9. The van der Waals surface area contributed by atoms with Crippen LogP contribution >= 0.6 is 0 Å². The van der Waals surface area contributed by atoms with E-state index in [1.165, 1.54) is 11.1 Å². The Morgan fingerprint density at radius 2 is 0.583 bits per heavy atom. The lowest BCUT2D eigenvalue weighted by molar-refractivity contribution is 1.18. The van der Waals surface area contributed by atoms with Crippen molar-refractivity contribution in [2.24, 2.45) is 0 Å². The third-order valence-corrected chi connectivity index (χ3v) is 8.51. The van der Waals surface area contributed by atoms with Crippen LogP contribution in [0.5, 0.6) is 0 Å². The van der Waals surface area contributed by atoms with Crippen LogP contribution in [0.3, 0.4) is 0 Å². The van der Waals surface area contributed by atoms with Crippen LogP contribution in [0.15, 0.2) is 188 Å². The maximum absolute atomic E-state index is 5.09. The first-order valence-electron chi connectivity index (χ1n) is 16.1. The van der Waals surface area contributed by atoms with E-state index >= 15 is 0 Å². The number of rotatable bonds is 7. The van der Waals surface area contributed by atoms with E-state index in [0.717, 1.165) is 61.7 Å². The second kappa shape index (κ2) is 13.1. The summed E-state index contributed by atoms with van der Waals surface area (Å²) in [7, 11) is 0. The van der Waals surface area contributed by atoms with Crippen LogP contribution in [0.2, 0.25) is 0 Å². The highest BCUT2D eigenvalue weighted by Crippen LogP contribution is 2.32. The first-order valence-corrected chi connectivity index (χ1v) is 16.1. The fourth-order valence-corrected chi connectivity index (χ4v) is 6.00. The van der Waals surface area contributed by atoms with Crippen molar-refractivity contribution in [3.05, 3.63) is 188 Å². The molecule has 0 saturated carbocycles. The summed E-state index contributed by atoms with van der Waals surface area (Å²) in [5.41, 5.74) is 13.6. The summed E-state index contributed by atoms with van der Waals surface area (Å²) in [4.78, 5) is 15.0. The molecule has 0 bridgehead atoms. The Bertz CT molecular complexity index is 2260. The zero-order valence-corrected chi connectivity index (χ0v) is 26.2. The van der Waals surface area contributed by atoms with Gasteiger partial charge in [0.05, 0.1) is 22.8 Å². The number of hydrogen-bond acceptors (Lipinski definition) is 3. The van der Waals surface area contributed by atoms with E-state index in [9.17, 15) is 0 Å². The van der Waals surface area contributed by atoms with Crippen LogP contribution in [0, 0.1) is 0 Å². The van der Waals surface area contributed by atoms with Crippen molar-refractivity contribution in [1.29, 1.82) is 0 Å². The van der Waals surface area contributed by atoms with E-state index < -0.39 is 0 Å². The SMILES string of the molecule is c1ccc(-c2cccc(-c3cccc(-c4cccc(-c5ccc(-c6cc(-c7ccccc7)nc(-c7ccccc7)n6)cc5)c4)n3)c2)cc1. The van der Waals surface area contributed by atoms with E-state index in [-0.39, 0.29) is 0 Å². The molecule has 0 spiro atoms. The van der Waals surface area contributed by atoms with Gasteiger partial charge in [-0.1, -0.05) is 158 Å². The number of benzene rings is 6. The monoisotopic (exact) mass is 613 g/mol. The molecule has 0 aliphatic carbocycles. The van der Waals surface area contributed by atoms with Gasteiger partial charge < -0.3 is 0 Å². The lowest BCUT2D eigenvalue weighted by Gasteiger charge is -2.11. The Labute approximate surface area is 280 Å². The van der Waals surface area contributed by atoms with Gasteiger partial charge in [0.2, 0.25) is 0 Å². The van der Waals surface area contributed by atoms with Gasteiger partial charge in [0.15, 0.2) is 5.82 Å². The predicted octanol–water partition coefficient (Wildman–Crippen LogP) is 11.5. The van der Waals surface area contributed by atoms with Crippen LogP contribution in [0.4, 0.5) is 0 Å². The van der Waals surface area contributed by atoms with Crippen molar-refractivity contribution in [3.8, 4) is 78.7 Å². The number of aromatic nitrogens is 3. The zero-order valence-electron chi connectivity index (χ0n) is 26.2. The van der Waals surface area contributed by atoms with Gasteiger partial charge in [-0.3, -0.25) is 0 Å². The summed E-state index contributed by atoms with van der Waals surface area (Å²) in [6.07, 6.45) is 0. The molecule has 8 rings (SSSR count). The smallest absolute Gasteiger partial charge is 0.160 e. The standard InChI is InChI=1S/C45H31N3/c1-4-13-32(14-5-1)37-19-10-21-39(29-37)41-23-12-24-42(46-41)40-22-11-20-38(30-40)33-25-27-35(28-26-33)44-31-43(34-15-6-2-7-16-34)47-45(48-44)36-17-8-3-9-18-36/h1-31H. The second-order valence-corrected chi connectivity index (χ2v) is 11.7. The van der Waals surface area contributed by atoms with Crippen molar-refractivity contribution in [2.75, 3.05) is 0 Å². The van der Waals surface area contributed by atoms with E-state index in [4.69, 9.17) is 15.0 Å². The fourth-order valence-electron chi connectivity index (χ4n) is 6.00. The minimum Gasteiger partial charge on any atom is -0.248 e. The third kappa shape index (κ3) is 6.18. The van der Waals surface area contributed by atoms with Crippen LogP contribution in [0.25, 0.3) is 78.7 Å². The Balaban J connectivity index is 1.09. The topological polar surface area (TPSA) is 38.7 Å². The molecule has 0 unspecified atom stereocenters. The van der Waals surface area contributed by atoms with Gasteiger partial charge in [-0.05, 0) is 52.6 Å². The maximum Gasteiger partial charge on any atom is 0.160 e. The largest absolute Gasteiger partial charge is 0.248 e. The molecule has 0 amide bonds. The molecule has 0 aliphatic rings. The van der Waals surface area contributed by atoms with Crippen LogP contribution < -0.4 is 0 Å². The molecule has 3 heteroatoms. The Morgan fingerprint density at radius 3 is 1.12 bits per heavy atom. The fraction of sp³-hybridized carbons (Fsp3) is 0. The molecule has 0 aliphatic heterocycles. The lowest BCUT2D eigenvalue weighted by atomic mass is 9.98. The molecule has 8 aromatic rings. The average molecular weight is 614 g/mol. The molecule has 2 heterocycles. The lowest BCUT2D eigenvalue weighted by Crippen LogP contribution is -1.95. The molecule has 2 aromatic heterocycles. The Hall–Kier alpha value is -6.45. The number of nitrogens with zero attached hydrogens (tertiary/aromatic N) is 3. The molecule has 0 fully saturated rings. The van der Waals surface area contributed by atoms with Gasteiger partial charge in [-0.2, -0.15) is 0 Å². The summed E-state index contributed by atoms with van der Waals surface area (Å²) in [6, 6.07) is 65.0. The summed E-state index contributed by atoms with van der Waals surface area (Å²) in [5.74, 6) is 0.713. The molecule has 0 N–H and O–H groups in total. The van der Waals surface area contributed by atoms with Gasteiger partial charge in [0.25, 0.3) is 0 Å². The molecule has 48 heavy (non-hydrogen) atoms. The predicted molar refractivity (Wildman–Crippen MR) is 198 cm³/mol. The van der Waals surface area contributed by atoms with Crippen molar-refractivity contribution < 1.29 is 0 Å². The average Bonchev–Trinajstić information content (AvgIpc) is 3.19. The number of hydrogen-bond donors (Lipinski definition) is 0. The van der Waals surface area contributed by atoms with Gasteiger partial charge >= 0.3 is 0 Å². The van der Waals surface area contributed by atoms with Crippen LogP contribution in [-0.2, 0) is 0 Å². The first-order chi connectivity index (χ1) is 23.8. The highest BCUT2D eigenvalue weighted by molar-refractivity contribution is 5.77. The molecule has 6 aromatic carbocycles. The second-order valence-electron chi connectivity index (χ2n) is 11.7. The van der Waals surface area contributed by atoms with Gasteiger partial charge in [0, 0.05) is 27.8 Å². The summed E-state index contributed by atoms with van der Waals surface area (Å²) < 4.78 is 0. The Morgan fingerprint density at radius 1 is 0.208 bits per heavy atom. The van der Waals surface area contributed by atoms with E-state index in [2.05, 4.69) is 146 Å². The normalized spacial score (nSPS) is 10.9. The van der Waals surface area contributed by atoms with E-state index in [1.54, 1.807) is 0 Å².